The SMILES string of the molecule is O=C1NC(c2ccccc2)(c2ccccc2)C(=O)N1CCOc1ccc(F)cc1. The number of ether oxygens (including phenoxy) is 1. The molecular formula is C23H19FN2O3. The maximum absolute atomic E-state index is 13.5. The first-order valence-electron chi connectivity index (χ1n) is 9.25. The Morgan fingerprint density at radius 2 is 1.38 bits per heavy atom. The van der Waals surface area contributed by atoms with Crippen molar-refractivity contribution in [2.24, 2.45) is 0 Å². The molecule has 4 rings (SSSR count). The number of urea groups is 1. The molecule has 0 aliphatic carbocycles. The molecule has 3 aromatic carbocycles. The van der Waals surface area contributed by atoms with E-state index in [1.807, 2.05) is 60.7 Å². The van der Waals surface area contributed by atoms with E-state index in [2.05, 4.69) is 5.32 Å². The van der Waals surface area contributed by atoms with Crippen molar-refractivity contribution in [3.05, 3.63) is 102 Å². The molecule has 1 saturated heterocycles. The van der Waals surface area contributed by atoms with Crippen LogP contribution in [0, 0.1) is 5.82 Å². The average molecular weight is 390 g/mol. The number of carbonyl (C=O) groups is 2. The molecule has 1 heterocycles. The number of amides is 3. The number of hydrogen-bond acceptors (Lipinski definition) is 3. The zero-order chi connectivity index (χ0) is 20.3. The molecule has 29 heavy (non-hydrogen) atoms. The zero-order valence-electron chi connectivity index (χ0n) is 15.5. The number of halogens is 1. The first-order valence-corrected chi connectivity index (χ1v) is 9.25. The van der Waals surface area contributed by atoms with Crippen LogP contribution < -0.4 is 10.1 Å². The molecule has 1 fully saturated rings. The molecule has 3 amide bonds. The Morgan fingerprint density at radius 3 is 1.93 bits per heavy atom. The van der Waals surface area contributed by atoms with Crippen molar-refractivity contribution in [1.82, 2.24) is 10.2 Å². The van der Waals surface area contributed by atoms with Crippen LogP contribution in [0.25, 0.3) is 0 Å². The fourth-order valence-corrected chi connectivity index (χ4v) is 3.50. The van der Waals surface area contributed by atoms with E-state index in [4.69, 9.17) is 4.74 Å². The number of hydrogen-bond donors (Lipinski definition) is 1. The van der Waals surface area contributed by atoms with E-state index in [1.165, 1.54) is 24.3 Å². The molecule has 0 radical (unpaired) electrons. The van der Waals surface area contributed by atoms with Crippen molar-refractivity contribution in [2.45, 2.75) is 5.54 Å². The van der Waals surface area contributed by atoms with Gasteiger partial charge in [0.1, 0.15) is 18.2 Å². The standard InChI is InChI=1S/C23H19FN2O3/c24-19-11-13-20(14-12-19)29-16-15-26-21(27)23(25-22(26)28,17-7-3-1-4-8-17)18-9-5-2-6-10-18/h1-14H,15-16H2,(H,25,28). The van der Waals surface area contributed by atoms with Gasteiger partial charge in [-0.15, -0.1) is 0 Å². The molecule has 0 bridgehead atoms. The lowest BCUT2D eigenvalue weighted by Crippen LogP contribution is -2.45. The molecule has 146 valence electrons. The van der Waals surface area contributed by atoms with Gasteiger partial charge in [0.15, 0.2) is 5.54 Å². The number of carbonyl (C=O) groups excluding carboxylic acids is 2. The number of nitrogens with one attached hydrogen (secondary N) is 1. The van der Waals surface area contributed by atoms with Gasteiger partial charge in [-0.3, -0.25) is 9.69 Å². The summed E-state index contributed by atoms with van der Waals surface area (Å²) in [6.07, 6.45) is 0. The second-order valence-electron chi connectivity index (χ2n) is 6.67. The maximum Gasteiger partial charge on any atom is 0.325 e. The van der Waals surface area contributed by atoms with Crippen molar-refractivity contribution in [3.8, 4) is 5.75 Å². The first-order chi connectivity index (χ1) is 14.1. The van der Waals surface area contributed by atoms with Crippen molar-refractivity contribution < 1.29 is 18.7 Å². The number of rotatable bonds is 6. The Morgan fingerprint density at radius 1 is 0.828 bits per heavy atom. The van der Waals surface area contributed by atoms with Crippen LogP contribution in [-0.4, -0.2) is 30.0 Å². The van der Waals surface area contributed by atoms with E-state index in [0.717, 1.165) is 4.90 Å². The van der Waals surface area contributed by atoms with Gasteiger partial charge in [-0.25, -0.2) is 9.18 Å². The van der Waals surface area contributed by atoms with E-state index in [-0.39, 0.29) is 24.9 Å². The van der Waals surface area contributed by atoms with E-state index in [0.29, 0.717) is 16.9 Å². The summed E-state index contributed by atoms with van der Waals surface area (Å²) in [6, 6.07) is 23.4. The predicted octanol–water partition coefficient (Wildman–Crippen LogP) is 3.70. The van der Waals surface area contributed by atoms with Gasteiger partial charge >= 0.3 is 6.03 Å². The van der Waals surface area contributed by atoms with E-state index in [1.54, 1.807) is 0 Å². The molecule has 3 aromatic rings. The molecule has 0 aromatic heterocycles. The smallest absolute Gasteiger partial charge is 0.325 e. The van der Waals surface area contributed by atoms with Gasteiger partial charge in [-0.05, 0) is 35.4 Å². The van der Waals surface area contributed by atoms with Gasteiger partial charge in [0, 0.05) is 0 Å². The molecule has 6 heteroatoms. The third-order valence-corrected chi connectivity index (χ3v) is 4.92. The lowest BCUT2D eigenvalue weighted by molar-refractivity contribution is -0.130. The quantitative estimate of drug-likeness (QED) is 0.653. The number of imide groups is 1. The Balaban J connectivity index is 1.59. The predicted molar refractivity (Wildman–Crippen MR) is 106 cm³/mol. The summed E-state index contributed by atoms with van der Waals surface area (Å²) in [7, 11) is 0. The summed E-state index contributed by atoms with van der Waals surface area (Å²) in [5, 5.41) is 2.89. The Hall–Kier alpha value is -3.67. The molecule has 0 spiro atoms. The second-order valence-corrected chi connectivity index (χ2v) is 6.67. The summed E-state index contributed by atoms with van der Waals surface area (Å²) in [6.45, 7) is 0.175. The summed E-state index contributed by atoms with van der Waals surface area (Å²) in [5.74, 6) is -0.250. The minimum atomic E-state index is -1.28. The van der Waals surface area contributed by atoms with Crippen molar-refractivity contribution >= 4 is 11.9 Å². The van der Waals surface area contributed by atoms with Crippen molar-refractivity contribution in [2.75, 3.05) is 13.2 Å². The fraction of sp³-hybridized carbons (Fsp3) is 0.130. The van der Waals surface area contributed by atoms with Gasteiger partial charge in [-0.2, -0.15) is 0 Å². The Bertz CT molecular complexity index is 968. The molecule has 0 saturated carbocycles. The molecular weight excluding hydrogens is 371 g/mol. The average Bonchev–Trinajstić information content (AvgIpc) is 3.02. The highest BCUT2D eigenvalue weighted by Crippen LogP contribution is 2.35. The van der Waals surface area contributed by atoms with E-state index in [9.17, 15) is 14.0 Å². The lowest BCUT2D eigenvalue weighted by atomic mass is 9.82. The Labute approximate surface area is 167 Å². The van der Waals surface area contributed by atoms with Gasteiger partial charge in [0.05, 0.1) is 6.54 Å². The van der Waals surface area contributed by atoms with Crippen LogP contribution in [-0.2, 0) is 10.3 Å². The number of nitrogens with zero attached hydrogens (tertiary/aromatic N) is 1. The van der Waals surface area contributed by atoms with Gasteiger partial charge in [0.2, 0.25) is 0 Å². The number of benzene rings is 3. The normalized spacial score (nSPS) is 15.3. The van der Waals surface area contributed by atoms with Crippen LogP contribution in [0.4, 0.5) is 9.18 Å². The van der Waals surface area contributed by atoms with Crippen LogP contribution in [0.1, 0.15) is 11.1 Å². The molecule has 1 aliphatic heterocycles. The zero-order valence-corrected chi connectivity index (χ0v) is 15.5. The van der Waals surface area contributed by atoms with Crippen LogP contribution in [0.2, 0.25) is 0 Å². The van der Waals surface area contributed by atoms with E-state index >= 15 is 0 Å². The molecule has 1 N–H and O–H groups in total. The van der Waals surface area contributed by atoms with Crippen LogP contribution in [0.5, 0.6) is 5.75 Å². The topological polar surface area (TPSA) is 58.6 Å². The van der Waals surface area contributed by atoms with Crippen molar-refractivity contribution in [3.63, 3.8) is 0 Å². The van der Waals surface area contributed by atoms with Gasteiger partial charge < -0.3 is 10.1 Å². The molecule has 0 unspecified atom stereocenters. The summed E-state index contributed by atoms with van der Waals surface area (Å²) in [5.41, 5.74) is 0.0909. The summed E-state index contributed by atoms with van der Waals surface area (Å²) in [4.78, 5) is 27.3. The highest BCUT2D eigenvalue weighted by atomic mass is 19.1. The van der Waals surface area contributed by atoms with Crippen LogP contribution in [0.15, 0.2) is 84.9 Å². The highest BCUT2D eigenvalue weighted by molar-refractivity contribution is 6.09. The molecule has 5 nitrogen and oxygen atoms in total. The maximum atomic E-state index is 13.5. The minimum absolute atomic E-state index is 0.0729. The third kappa shape index (κ3) is 3.45. The van der Waals surface area contributed by atoms with Crippen LogP contribution >= 0.6 is 0 Å². The Kier molecular flexibility index (Phi) is 4.99. The van der Waals surface area contributed by atoms with Gasteiger partial charge in [-0.1, -0.05) is 60.7 Å². The van der Waals surface area contributed by atoms with Crippen LogP contribution in [0.3, 0.4) is 0 Å². The van der Waals surface area contributed by atoms with Crippen molar-refractivity contribution in [1.29, 1.82) is 0 Å². The van der Waals surface area contributed by atoms with Gasteiger partial charge in [0.25, 0.3) is 5.91 Å². The first kappa shape index (κ1) is 18.7. The second kappa shape index (κ2) is 7.75. The molecule has 1 aliphatic rings. The minimum Gasteiger partial charge on any atom is -0.492 e. The molecule has 0 atom stereocenters. The lowest BCUT2D eigenvalue weighted by Gasteiger charge is -2.28. The third-order valence-electron chi connectivity index (χ3n) is 4.92. The summed E-state index contributed by atoms with van der Waals surface area (Å²) < 4.78 is 18.6. The monoisotopic (exact) mass is 390 g/mol. The fourth-order valence-electron chi connectivity index (χ4n) is 3.50. The largest absolute Gasteiger partial charge is 0.492 e. The highest BCUT2D eigenvalue weighted by Gasteiger charge is 2.53. The van der Waals surface area contributed by atoms with E-state index < -0.39 is 11.6 Å². The summed E-state index contributed by atoms with van der Waals surface area (Å²) >= 11 is 0.